The number of hydrogen-bond donors (Lipinski definition) is 0. The van der Waals surface area contributed by atoms with Crippen LogP contribution in [0.2, 0.25) is 0 Å². The monoisotopic (exact) mass is 265 g/mol. The molecule has 19 heavy (non-hydrogen) atoms. The number of benzene rings is 1. The molecule has 0 unspecified atom stereocenters. The molecule has 0 bridgehead atoms. The maximum atomic E-state index is 12.4. The van der Waals surface area contributed by atoms with Gasteiger partial charge in [-0.25, -0.2) is 0 Å². The molecule has 1 amide bonds. The molecule has 0 aliphatic rings. The Balaban J connectivity index is 3.32. The van der Waals surface area contributed by atoms with Crippen LogP contribution in [0.25, 0.3) is 0 Å². The van der Waals surface area contributed by atoms with Gasteiger partial charge in [-0.15, -0.1) is 0 Å². The minimum atomic E-state index is -0.488. The molecular formula is C13H19N3O3. The molecule has 1 aromatic carbocycles. The molecule has 0 aliphatic heterocycles. The van der Waals surface area contributed by atoms with Crippen LogP contribution in [0.3, 0.4) is 0 Å². The fraction of sp³-hybridized carbons (Fsp3) is 0.462. The summed E-state index contributed by atoms with van der Waals surface area (Å²) in [4.78, 5) is 26.2. The van der Waals surface area contributed by atoms with Gasteiger partial charge in [-0.2, -0.15) is 0 Å². The Labute approximate surface area is 112 Å². The van der Waals surface area contributed by atoms with E-state index in [0.717, 1.165) is 0 Å². The highest BCUT2D eigenvalue weighted by molar-refractivity contribution is 6.00. The van der Waals surface area contributed by atoms with Gasteiger partial charge in [0.2, 0.25) is 0 Å². The summed E-state index contributed by atoms with van der Waals surface area (Å²) in [5.41, 5.74) is 0.978. The van der Waals surface area contributed by atoms with Crippen LogP contribution >= 0.6 is 0 Å². The molecular weight excluding hydrogens is 246 g/mol. The standard InChI is InChI=1S/C13H19N3O3/c1-5-15(6-2)13(17)11-9-10(16(18)19)7-8-12(11)14(3)4/h7-9H,5-6H2,1-4H3. The number of carbonyl (C=O) groups excluding carboxylic acids is 1. The minimum absolute atomic E-state index is 0.0684. The van der Waals surface area contributed by atoms with Crippen molar-refractivity contribution in [3.05, 3.63) is 33.9 Å². The zero-order valence-electron chi connectivity index (χ0n) is 11.7. The summed E-state index contributed by atoms with van der Waals surface area (Å²) >= 11 is 0. The van der Waals surface area contributed by atoms with Crippen molar-refractivity contribution in [2.24, 2.45) is 0 Å². The van der Waals surface area contributed by atoms with E-state index in [1.807, 2.05) is 13.8 Å². The summed E-state index contributed by atoms with van der Waals surface area (Å²) in [6.45, 7) is 4.91. The molecule has 1 rings (SSSR count). The van der Waals surface area contributed by atoms with Gasteiger partial charge in [0.1, 0.15) is 0 Å². The van der Waals surface area contributed by atoms with Gasteiger partial charge in [0.05, 0.1) is 10.5 Å². The van der Waals surface area contributed by atoms with Gasteiger partial charge in [0.15, 0.2) is 0 Å². The Morgan fingerprint density at radius 1 is 1.26 bits per heavy atom. The normalized spacial score (nSPS) is 10.1. The third-order valence-electron chi connectivity index (χ3n) is 2.95. The Morgan fingerprint density at radius 3 is 2.26 bits per heavy atom. The number of rotatable bonds is 5. The predicted octanol–water partition coefficient (Wildman–Crippen LogP) is 2.14. The molecule has 0 radical (unpaired) electrons. The molecule has 0 spiro atoms. The van der Waals surface area contributed by atoms with Gasteiger partial charge >= 0.3 is 0 Å². The largest absolute Gasteiger partial charge is 0.377 e. The zero-order valence-corrected chi connectivity index (χ0v) is 11.7. The number of nitro benzene ring substituents is 1. The van der Waals surface area contributed by atoms with Crippen LogP contribution in [0.4, 0.5) is 11.4 Å². The van der Waals surface area contributed by atoms with Gasteiger partial charge in [-0.05, 0) is 19.9 Å². The van der Waals surface area contributed by atoms with E-state index >= 15 is 0 Å². The highest BCUT2D eigenvalue weighted by Gasteiger charge is 2.21. The summed E-state index contributed by atoms with van der Waals surface area (Å²) in [5, 5.41) is 10.8. The molecule has 0 heterocycles. The Kier molecular flexibility index (Phi) is 4.86. The van der Waals surface area contributed by atoms with Crippen molar-refractivity contribution in [3.8, 4) is 0 Å². The predicted molar refractivity (Wildman–Crippen MR) is 74.7 cm³/mol. The van der Waals surface area contributed by atoms with E-state index < -0.39 is 4.92 Å². The lowest BCUT2D eigenvalue weighted by Gasteiger charge is -2.22. The van der Waals surface area contributed by atoms with Crippen molar-refractivity contribution < 1.29 is 9.72 Å². The summed E-state index contributed by atoms with van der Waals surface area (Å²) in [6.07, 6.45) is 0. The fourth-order valence-electron chi connectivity index (χ4n) is 1.88. The summed E-state index contributed by atoms with van der Waals surface area (Å²) in [7, 11) is 3.61. The molecule has 6 heteroatoms. The number of nitro groups is 1. The maximum Gasteiger partial charge on any atom is 0.270 e. The second-order valence-electron chi connectivity index (χ2n) is 4.33. The third-order valence-corrected chi connectivity index (χ3v) is 2.95. The number of amides is 1. The first-order valence-electron chi connectivity index (χ1n) is 6.17. The molecule has 0 N–H and O–H groups in total. The van der Waals surface area contributed by atoms with Crippen molar-refractivity contribution in [1.29, 1.82) is 0 Å². The lowest BCUT2D eigenvalue weighted by molar-refractivity contribution is -0.384. The van der Waals surface area contributed by atoms with Crippen molar-refractivity contribution in [2.45, 2.75) is 13.8 Å². The van der Waals surface area contributed by atoms with Crippen molar-refractivity contribution >= 4 is 17.3 Å². The fourth-order valence-corrected chi connectivity index (χ4v) is 1.88. The number of hydrogen-bond acceptors (Lipinski definition) is 4. The average molecular weight is 265 g/mol. The second kappa shape index (κ2) is 6.17. The summed E-state index contributed by atoms with van der Waals surface area (Å²) in [6, 6.07) is 4.36. The van der Waals surface area contributed by atoms with Gasteiger partial charge in [-0.1, -0.05) is 0 Å². The van der Waals surface area contributed by atoms with E-state index in [1.165, 1.54) is 12.1 Å². The molecule has 0 fully saturated rings. The molecule has 6 nitrogen and oxygen atoms in total. The topological polar surface area (TPSA) is 66.7 Å². The summed E-state index contributed by atoms with van der Waals surface area (Å²) in [5.74, 6) is -0.183. The Hall–Kier alpha value is -2.11. The third kappa shape index (κ3) is 3.21. The number of non-ortho nitro benzene ring substituents is 1. The van der Waals surface area contributed by atoms with Gasteiger partial charge in [-0.3, -0.25) is 14.9 Å². The molecule has 1 aromatic rings. The van der Waals surface area contributed by atoms with Crippen LogP contribution in [-0.4, -0.2) is 42.9 Å². The smallest absolute Gasteiger partial charge is 0.270 e. The van der Waals surface area contributed by atoms with Crippen molar-refractivity contribution in [1.82, 2.24) is 4.90 Å². The SMILES string of the molecule is CCN(CC)C(=O)c1cc([N+](=O)[O-])ccc1N(C)C. The van der Waals surface area contributed by atoms with Crippen LogP contribution in [0, 0.1) is 10.1 Å². The van der Waals surface area contributed by atoms with E-state index in [9.17, 15) is 14.9 Å². The molecule has 0 aliphatic carbocycles. The first-order valence-corrected chi connectivity index (χ1v) is 6.17. The number of carbonyl (C=O) groups is 1. The van der Waals surface area contributed by atoms with E-state index in [0.29, 0.717) is 24.3 Å². The van der Waals surface area contributed by atoms with Gasteiger partial charge in [0.25, 0.3) is 11.6 Å². The molecule has 0 saturated heterocycles. The number of anilines is 1. The zero-order chi connectivity index (χ0) is 14.6. The highest BCUT2D eigenvalue weighted by atomic mass is 16.6. The van der Waals surface area contributed by atoms with E-state index in [2.05, 4.69) is 0 Å². The second-order valence-corrected chi connectivity index (χ2v) is 4.33. The minimum Gasteiger partial charge on any atom is -0.377 e. The average Bonchev–Trinajstić information content (AvgIpc) is 2.39. The maximum absolute atomic E-state index is 12.4. The molecule has 0 aromatic heterocycles. The van der Waals surface area contributed by atoms with Crippen LogP contribution in [0.5, 0.6) is 0 Å². The van der Waals surface area contributed by atoms with Gasteiger partial charge < -0.3 is 9.80 Å². The van der Waals surface area contributed by atoms with Crippen molar-refractivity contribution in [3.63, 3.8) is 0 Å². The summed E-state index contributed by atoms with van der Waals surface area (Å²) < 4.78 is 0. The van der Waals surface area contributed by atoms with E-state index in [1.54, 1.807) is 30.0 Å². The van der Waals surface area contributed by atoms with E-state index in [4.69, 9.17) is 0 Å². The Morgan fingerprint density at radius 2 is 1.84 bits per heavy atom. The van der Waals surface area contributed by atoms with Crippen LogP contribution in [0.1, 0.15) is 24.2 Å². The van der Waals surface area contributed by atoms with Crippen molar-refractivity contribution in [2.75, 3.05) is 32.1 Å². The first-order chi connectivity index (χ1) is 8.92. The lowest BCUT2D eigenvalue weighted by atomic mass is 10.1. The van der Waals surface area contributed by atoms with Crippen LogP contribution in [-0.2, 0) is 0 Å². The highest BCUT2D eigenvalue weighted by Crippen LogP contribution is 2.25. The molecule has 0 saturated carbocycles. The molecule has 0 atom stereocenters. The molecule has 104 valence electrons. The first kappa shape index (κ1) is 14.9. The van der Waals surface area contributed by atoms with Crippen LogP contribution in [0.15, 0.2) is 18.2 Å². The quantitative estimate of drug-likeness (QED) is 0.604. The Bertz CT molecular complexity index is 482. The number of nitrogens with zero attached hydrogens (tertiary/aromatic N) is 3. The van der Waals surface area contributed by atoms with Gasteiger partial charge in [0, 0.05) is 45.0 Å². The van der Waals surface area contributed by atoms with E-state index in [-0.39, 0.29) is 11.6 Å². The van der Waals surface area contributed by atoms with Crippen LogP contribution < -0.4 is 4.90 Å². The lowest BCUT2D eigenvalue weighted by Crippen LogP contribution is -2.31.